The molecule has 0 saturated heterocycles. The molecule has 9 heteroatoms. The van der Waals surface area contributed by atoms with Crippen molar-refractivity contribution in [1.29, 1.82) is 0 Å². The number of hydrogen-bond acceptors (Lipinski definition) is 8. The first-order chi connectivity index (χ1) is 12.8. The predicted octanol–water partition coefficient (Wildman–Crippen LogP) is 2.65. The summed E-state index contributed by atoms with van der Waals surface area (Å²) in [4.78, 5) is 47.6. The Morgan fingerprint density at radius 1 is 1.04 bits per heavy atom. The number of ether oxygens (including phenoxy) is 3. The fourth-order valence-corrected chi connectivity index (χ4v) is 2.89. The van der Waals surface area contributed by atoms with Crippen molar-refractivity contribution in [2.24, 2.45) is 0 Å². The summed E-state index contributed by atoms with van der Waals surface area (Å²) in [6, 6.07) is 1.68. The van der Waals surface area contributed by atoms with Crippen LogP contribution in [0.3, 0.4) is 0 Å². The van der Waals surface area contributed by atoms with E-state index in [4.69, 9.17) is 9.47 Å². The molecule has 0 aliphatic heterocycles. The highest BCUT2D eigenvalue weighted by Gasteiger charge is 2.20. The molecule has 1 rings (SSSR count). The Balaban J connectivity index is 2.69. The fraction of sp³-hybridized carbons (Fsp3) is 0.444. The highest BCUT2D eigenvalue weighted by atomic mass is 32.1. The minimum absolute atomic E-state index is 0.166. The summed E-state index contributed by atoms with van der Waals surface area (Å²) in [6.07, 6.45) is 1.79. The van der Waals surface area contributed by atoms with Crippen LogP contribution >= 0.6 is 11.3 Å². The Hall–Kier alpha value is -2.68. The van der Waals surface area contributed by atoms with E-state index in [-0.39, 0.29) is 24.7 Å². The van der Waals surface area contributed by atoms with Gasteiger partial charge in [0.15, 0.2) is 6.61 Å². The average Bonchev–Trinajstić information content (AvgIpc) is 3.03. The topological polar surface area (TPSA) is 108 Å². The van der Waals surface area contributed by atoms with Crippen LogP contribution in [-0.2, 0) is 28.6 Å². The highest BCUT2D eigenvalue weighted by Crippen LogP contribution is 2.33. The van der Waals surface area contributed by atoms with E-state index in [0.717, 1.165) is 17.0 Å². The molecule has 1 aromatic rings. The quantitative estimate of drug-likeness (QED) is 0.388. The Kier molecular flexibility index (Phi) is 9.21. The molecule has 8 nitrogen and oxygen atoms in total. The van der Waals surface area contributed by atoms with Gasteiger partial charge in [0.1, 0.15) is 5.00 Å². The van der Waals surface area contributed by atoms with Crippen LogP contribution in [0.4, 0.5) is 5.00 Å². The maximum atomic E-state index is 12.0. The minimum Gasteiger partial charge on any atom is -0.463 e. The van der Waals surface area contributed by atoms with E-state index >= 15 is 0 Å². The molecular formula is C18H23NO7S. The third kappa shape index (κ3) is 7.61. The number of hydrogen-bond donors (Lipinski definition) is 1. The molecule has 0 bridgehead atoms. The van der Waals surface area contributed by atoms with Crippen molar-refractivity contribution in [1.82, 2.24) is 0 Å². The second-order valence-corrected chi connectivity index (χ2v) is 6.59. The van der Waals surface area contributed by atoms with E-state index < -0.39 is 30.4 Å². The van der Waals surface area contributed by atoms with Crippen LogP contribution in [0.15, 0.2) is 18.2 Å². The van der Waals surface area contributed by atoms with Crippen LogP contribution in [0.2, 0.25) is 0 Å². The van der Waals surface area contributed by atoms with Crippen molar-refractivity contribution in [3.63, 3.8) is 0 Å². The number of rotatable bonds is 9. The second kappa shape index (κ2) is 11.1. The van der Waals surface area contributed by atoms with Gasteiger partial charge in [-0.05, 0) is 25.8 Å². The van der Waals surface area contributed by atoms with Crippen LogP contribution in [-0.4, -0.2) is 43.6 Å². The first-order valence-electron chi connectivity index (χ1n) is 8.40. The number of amides is 1. The molecule has 0 fully saturated rings. The van der Waals surface area contributed by atoms with Crippen molar-refractivity contribution in [3.8, 4) is 0 Å². The van der Waals surface area contributed by atoms with Crippen LogP contribution in [0, 0.1) is 0 Å². The monoisotopic (exact) mass is 397 g/mol. The molecule has 1 amide bonds. The summed E-state index contributed by atoms with van der Waals surface area (Å²) in [6.45, 7) is 7.08. The van der Waals surface area contributed by atoms with E-state index in [2.05, 4.69) is 10.1 Å². The van der Waals surface area contributed by atoms with Crippen molar-refractivity contribution >= 4 is 40.2 Å². The van der Waals surface area contributed by atoms with E-state index in [1.165, 1.54) is 11.3 Å². The lowest BCUT2D eigenvalue weighted by Gasteiger charge is -2.06. The largest absolute Gasteiger partial charge is 0.463 e. The molecule has 148 valence electrons. The molecule has 0 aliphatic rings. The molecule has 0 atom stereocenters. The van der Waals surface area contributed by atoms with Crippen LogP contribution in [0.25, 0.3) is 0 Å². The number of carbonyl (C=O) groups is 4. The number of nitrogens with one attached hydrogen (secondary N) is 1. The molecule has 0 unspecified atom stereocenters. The van der Waals surface area contributed by atoms with Gasteiger partial charge in [0, 0.05) is 17.0 Å². The summed E-state index contributed by atoms with van der Waals surface area (Å²) in [5.74, 6) is -2.53. The highest BCUT2D eigenvalue weighted by molar-refractivity contribution is 7.16. The van der Waals surface area contributed by atoms with Gasteiger partial charge in [-0.25, -0.2) is 14.4 Å². The molecule has 27 heavy (non-hydrogen) atoms. The van der Waals surface area contributed by atoms with Gasteiger partial charge in [-0.15, -0.1) is 11.3 Å². The third-order valence-corrected chi connectivity index (χ3v) is 4.41. The zero-order chi connectivity index (χ0) is 20.4. The summed E-state index contributed by atoms with van der Waals surface area (Å²) in [5, 5.41) is 2.89. The summed E-state index contributed by atoms with van der Waals surface area (Å²) in [5.41, 5.74) is 0.257. The molecule has 0 aliphatic carbocycles. The zero-order valence-corrected chi connectivity index (χ0v) is 16.5. The van der Waals surface area contributed by atoms with Gasteiger partial charge < -0.3 is 19.5 Å². The maximum absolute atomic E-state index is 12.0. The predicted molar refractivity (Wildman–Crippen MR) is 99.7 cm³/mol. The lowest BCUT2D eigenvalue weighted by atomic mass is 10.1. The van der Waals surface area contributed by atoms with E-state index in [1.807, 2.05) is 13.8 Å². The van der Waals surface area contributed by atoms with E-state index in [0.29, 0.717) is 5.00 Å². The number of anilines is 1. The normalized spacial score (nSPS) is 10.7. The van der Waals surface area contributed by atoms with Crippen molar-refractivity contribution < 1.29 is 33.4 Å². The van der Waals surface area contributed by atoms with Gasteiger partial charge in [0.05, 0.1) is 18.8 Å². The van der Waals surface area contributed by atoms with E-state index in [9.17, 15) is 19.2 Å². The number of thiophene rings is 1. The molecule has 0 saturated carbocycles. The zero-order valence-electron chi connectivity index (χ0n) is 15.7. The first kappa shape index (κ1) is 22.4. The van der Waals surface area contributed by atoms with Crippen molar-refractivity contribution in [2.45, 2.75) is 33.6 Å². The number of carbonyl (C=O) groups excluding carboxylic acids is 4. The molecule has 1 aromatic heterocycles. The SMILES string of the molecule is CCOC(=O)/C=C/C(=O)OCC(=O)Nc1sc(C(C)C)cc1C(=O)OCC. The average molecular weight is 397 g/mol. The van der Waals surface area contributed by atoms with Gasteiger partial charge in [0.25, 0.3) is 5.91 Å². The van der Waals surface area contributed by atoms with Crippen molar-refractivity contribution in [3.05, 3.63) is 28.7 Å². The summed E-state index contributed by atoms with van der Waals surface area (Å²) >= 11 is 1.26. The third-order valence-electron chi connectivity index (χ3n) is 3.06. The van der Waals surface area contributed by atoms with Crippen LogP contribution < -0.4 is 5.32 Å². The van der Waals surface area contributed by atoms with Crippen LogP contribution in [0.5, 0.6) is 0 Å². The van der Waals surface area contributed by atoms with Gasteiger partial charge in [-0.2, -0.15) is 0 Å². The van der Waals surface area contributed by atoms with Crippen molar-refractivity contribution in [2.75, 3.05) is 25.1 Å². The molecule has 1 N–H and O–H groups in total. The van der Waals surface area contributed by atoms with Gasteiger partial charge in [0.2, 0.25) is 0 Å². The standard InChI is InChI=1S/C18H23NO7S/c1-5-24-15(21)7-8-16(22)26-10-14(20)19-17-12(18(23)25-6-2)9-13(27-17)11(3)4/h7-9,11H,5-6,10H2,1-4H3,(H,19,20)/b8-7+. The Bertz CT molecular complexity index is 721. The lowest BCUT2D eigenvalue weighted by molar-refractivity contribution is -0.143. The Labute approximate surface area is 161 Å². The first-order valence-corrected chi connectivity index (χ1v) is 9.22. The molecule has 0 spiro atoms. The van der Waals surface area contributed by atoms with Gasteiger partial charge in [-0.3, -0.25) is 4.79 Å². The fourth-order valence-electron chi connectivity index (χ4n) is 1.82. The van der Waals surface area contributed by atoms with Gasteiger partial charge in [-0.1, -0.05) is 13.8 Å². The molecule has 0 radical (unpaired) electrons. The summed E-state index contributed by atoms with van der Waals surface area (Å²) < 4.78 is 14.4. The lowest BCUT2D eigenvalue weighted by Crippen LogP contribution is -2.21. The molecule has 0 aromatic carbocycles. The van der Waals surface area contributed by atoms with Gasteiger partial charge >= 0.3 is 17.9 Å². The smallest absolute Gasteiger partial charge is 0.341 e. The molecular weight excluding hydrogens is 374 g/mol. The minimum atomic E-state index is -0.863. The second-order valence-electron chi connectivity index (χ2n) is 5.51. The van der Waals surface area contributed by atoms with Crippen LogP contribution in [0.1, 0.15) is 48.8 Å². The Morgan fingerprint density at radius 3 is 2.19 bits per heavy atom. The summed E-state index contributed by atoms with van der Waals surface area (Å²) in [7, 11) is 0. The maximum Gasteiger partial charge on any atom is 0.341 e. The molecule has 1 heterocycles. The number of esters is 3. The van der Waals surface area contributed by atoms with E-state index in [1.54, 1.807) is 19.9 Å². The Morgan fingerprint density at radius 2 is 1.63 bits per heavy atom.